The molecule has 36 heavy (non-hydrogen) atoms. The van der Waals surface area contributed by atoms with Gasteiger partial charge in [0.05, 0.1) is 4.90 Å². The van der Waals surface area contributed by atoms with Gasteiger partial charge < -0.3 is 14.6 Å². The molecule has 0 bridgehead atoms. The summed E-state index contributed by atoms with van der Waals surface area (Å²) in [6, 6.07) is 16.2. The van der Waals surface area contributed by atoms with Crippen molar-refractivity contribution in [1.82, 2.24) is 14.2 Å². The van der Waals surface area contributed by atoms with E-state index >= 15 is 0 Å². The fourth-order valence-electron chi connectivity index (χ4n) is 5.63. The summed E-state index contributed by atoms with van der Waals surface area (Å²) in [5, 5.41) is 10.3. The molecule has 2 heterocycles. The van der Waals surface area contributed by atoms with Crippen LogP contribution in [-0.4, -0.2) is 53.5 Å². The zero-order valence-corrected chi connectivity index (χ0v) is 21.1. The second kappa shape index (κ2) is 9.71. The first-order valence-electron chi connectivity index (χ1n) is 12.4. The molecule has 1 saturated carbocycles. The number of nitrogens with zero attached hydrogens (tertiary/aromatic N) is 2. The van der Waals surface area contributed by atoms with Crippen LogP contribution in [0.1, 0.15) is 38.5 Å². The highest BCUT2D eigenvalue weighted by Gasteiger charge is 2.38. The first-order valence-corrected chi connectivity index (χ1v) is 13.9. The standard InChI is InChI=1S/C27H31N3O5S/c1-29-24(18-6-3-2-4-7-18)16-20-11-14-22(17-25(20)29)36(34,35)28-21-12-9-19(10-13-21)26(31)30-15-5-8-23(30)27(32)33/h2-4,6-7,11,14,16-17,19,21,23,28H,5,8-10,12-13,15H2,1H3,(H,32,33). The minimum Gasteiger partial charge on any atom is -0.480 e. The largest absolute Gasteiger partial charge is 0.480 e. The number of benzene rings is 2. The summed E-state index contributed by atoms with van der Waals surface area (Å²) in [6.07, 6.45) is 3.39. The third-order valence-electron chi connectivity index (χ3n) is 7.62. The Hall–Kier alpha value is -3.17. The van der Waals surface area contributed by atoms with Crippen LogP contribution < -0.4 is 4.72 Å². The number of hydrogen-bond acceptors (Lipinski definition) is 4. The van der Waals surface area contributed by atoms with Crippen molar-refractivity contribution < 1.29 is 23.1 Å². The van der Waals surface area contributed by atoms with Crippen LogP contribution in [0.5, 0.6) is 0 Å². The number of carbonyl (C=O) groups excluding carboxylic acids is 1. The average molecular weight is 510 g/mol. The van der Waals surface area contributed by atoms with Gasteiger partial charge in [-0.25, -0.2) is 17.9 Å². The highest BCUT2D eigenvalue weighted by molar-refractivity contribution is 7.89. The molecule has 0 spiro atoms. The lowest BCUT2D eigenvalue weighted by Crippen LogP contribution is -2.46. The number of aliphatic carboxylic acids is 1. The molecule has 1 unspecified atom stereocenters. The number of sulfonamides is 1. The van der Waals surface area contributed by atoms with Crippen LogP contribution in [-0.2, 0) is 26.7 Å². The molecular formula is C27H31N3O5S. The van der Waals surface area contributed by atoms with E-state index < -0.39 is 22.0 Å². The van der Waals surface area contributed by atoms with Crippen LogP contribution in [0, 0.1) is 5.92 Å². The maximum absolute atomic E-state index is 13.2. The Balaban J connectivity index is 1.26. The molecule has 2 aliphatic rings. The number of aromatic nitrogens is 1. The fourth-order valence-corrected chi connectivity index (χ4v) is 6.95. The van der Waals surface area contributed by atoms with E-state index in [1.165, 1.54) is 4.90 Å². The van der Waals surface area contributed by atoms with Gasteiger partial charge in [-0.2, -0.15) is 0 Å². The zero-order valence-electron chi connectivity index (χ0n) is 20.3. The molecule has 190 valence electrons. The van der Waals surface area contributed by atoms with E-state index in [1.807, 2.05) is 48.0 Å². The number of aryl methyl sites for hydroxylation is 1. The summed E-state index contributed by atoms with van der Waals surface area (Å²) in [6.45, 7) is 0.482. The van der Waals surface area contributed by atoms with Crippen LogP contribution in [0.15, 0.2) is 59.5 Å². The van der Waals surface area contributed by atoms with Gasteiger partial charge in [-0.1, -0.05) is 36.4 Å². The van der Waals surface area contributed by atoms with Crippen molar-refractivity contribution in [1.29, 1.82) is 0 Å². The van der Waals surface area contributed by atoms with E-state index in [9.17, 15) is 23.1 Å². The lowest BCUT2D eigenvalue weighted by atomic mass is 9.85. The second-order valence-corrected chi connectivity index (χ2v) is 11.6. The quantitative estimate of drug-likeness (QED) is 0.526. The third kappa shape index (κ3) is 4.65. The Labute approximate surface area is 211 Å². The third-order valence-corrected chi connectivity index (χ3v) is 9.13. The summed E-state index contributed by atoms with van der Waals surface area (Å²) in [7, 11) is -1.80. The van der Waals surface area contributed by atoms with Crippen LogP contribution in [0.25, 0.3) is 22.2 Å². The number of likely N-dealkylation sites (tertiary alicyclic amines) is 1. The zero-order chi connectivity index (χ0) is 25.4. The molecular weight excluding hydrogens is 478 g/mol. The van der Waals surface area contributed by atoms with E-state index in [-0.39, 0.29) is 22.8 Å². The second-order valence-electron chi connectivity index (χ2n) is 9.87. The number of fused-ring (bicyclic) bond motifs is 1. The number of rotatable bonds is 6. The molecule has 2 aromatic carbocycles. The van der Waals surface area contributed by atoms with Gasteiger partial charge in [0.25, 0.3) is 0 Å². The van der Waals surface area contributed by atoms with Gasteiger partial charge in [0.15, 0.2) is 0 Å². The molecule has 1 amide bonds. The van der Waals surface area contributed by atoms with Gasteiger partial charge in [0.1, 0.15) is 6.04 Å². The first kappa shape index (κ1) is 24.5. The van der Waals surface area contributed by atoms with Crippen molar-refractivity contribution in [3.8, 4) is 11.3 Å². The molecule has 0 radical (unpaired) electrons. The van der Waals surface area contributed by atoms with Crippen molar-refractivity contribution in [2.24, 2.45) is 13.0 Å². The van der Waals surface area contributed by atoms with Crippen molar-refractivity contribution in [2.75, 3.05) is 6.54 Å². The van der Waals surface area contributed by atoms with E-state index in [2.05, 4.69) is 10.8 Å². The molecule has 1 atom stereocenters. The van der Waals surface area contributed by atoms with Crippen molar-refractivity contribution in [3.05, 3.63) is 54.6 Å². The molecule has 2 N–H and O–H groups in total. The molecule has 8 nitrogen and oxygen atoms in total. The normalized spacial score (nSPS) is 22.7. The van der Waals surface area contributed by atoms with Gasteiger partial charge in [0, 0.05) is 42.1 Å². The number of carboxylic acids is 1. The molecule has 5 rings (SSSR count). The lowest BCUT2D eigenvalue weighted by molar-refractivity contribution is -0.150. The summed E-state index contributed by atoms with van der Waals surface area (Å²) >= 11 is 0. The fraction of sp³-hybridized carbons (Fsp3) is 0.407. The number of nitrogens with one attached hydrogen (secondary N) is 1. The molecule has 1 aromatic heterocycles. The topological polar surface area (TPSA) is 109 Å². The highest BCUT2D eigenvalue weighted by Crippen LogP contribution is 2.31. The van der Waals surface area contributed by atoms with Gasteiger partial charge in [0.2, 0.25) is 15.9 Å². The van der Waals surface area contributed by atoms with Crippen molar-refractivity contribution in [2.45, 2.75) is 55.5 Å². The number of carbonyl (C=O) groups is 2. The summed E-state index contributed by atoms with van der Waals surface area (Å²) in [5.74, 6) is -1.31. The van der Waals surface area contributed by atoms with Crippen LogP contribution >= 0.6 is 0 Å². The Morgan fingerprint density at radius 2 is 1.69 bits per heavy atom. The number of amides is 1. The lowest BCUT2D eigenvalue weighted by Gasteiger charge is -2.32. The molecule has 1 saturated heterocycles. The molecule has 1 aliphatic heterocycles. The summed E-state index contributed by atoms with van der Waals surface area (Å²) < 4.78 is 31.3. The van der Waals surface area contributed by atoms with E-state index in [4.69, 9.17) is 0 Å². The van der Waals surface area contributed by atoms with E-state index in [1.54, 1.807) is 12.1 Å². The van der Waals surface area contributed by atoms with Crippen LogP contribution in [0.4, 0.5) is 0 Å². The molecule has 2 fully saturated rings. The van der Waals surface area contributed by atoms with Gasteiger partial charge in [-0.05, 0) is 62.3 Å². The minimum absolute atomic E-state index is 0.107. The van der Waals surface area contributed by atoms with Gasteiger partial charge >= 0.3 is 5.97 Å². The van der Waals surface area contributed by atoms with E-state index in [0.717, 1.165) is 22.2 Å². The van der Waals surface area contributed by atoms with Crippen molar-refractivity contribution in [3.63, 3.8) is 0 Å². The van der Waals surface area contributed by atoms with Crippen LogP contribution in [0.2, 0.25) is 0 Å². The molecule has 1 aliphatic carbocycles. The average Bonchev–Trinajstić information content (AvgIpc) is 3.49. The molecule has 3 aromatic rings. The predicted molar refractivity (Wildman–Crippen MR) is 137 cm³/mol. The SMILES string of the molecule is Cn1c(-c2ccccc2)cc2ccc(S(=O)(=O)NC3CCC(C(=O)N4CCCC4C(=O)O)CC3)cc21. The number of hydrogen-bond donors (Lipinski definition) is 2. The Kier molecular flexibility index (Phi) is 6.61. The monoisotopic (exact) mass is 509 g/mol. The van der Waals surface area contributed by atoms with Gasteiger partial charge in [-0.15, -0.1) is 0 Å². The Morgan fingerprint density at radius 3 is 2.39 bits per heavy atom. The van der Waals surface area contributed by atoms with Gasteiger partial charge in [-0.3, -0.25) is 4.79 Å². The minimum atomic E-state index is -3.73. The Morgan fingerprint density at radius 1 is 0.972 bits per heavy atom. The number of carboxylic acid groups (broad SMARTS) is 1. The first-order chi connectivity index (χ1) is 17.2. The maximum atomic E-state index is 13.2. The Bertz CT molecular complexity index is 1390. The highest BCUT2D eigenvalue weighted by atomic mass is 32.2. The maximum Gasteiger partial charge on any atom is 0.326 e. The smallest absolute Gasteiger partial charge is 0.326 e. The van der Waals surface area contributed by atoms with Crippen molar-refractivity contribution >= 4 is 32.8 Å². The summed E-state index contributed by atoms with van der Waals surface area (Å²) in [5.41, 5.74) is 2.91. The summed E-state index contributed by atoms with van der Waals surface area (Å²) in [4.78, 5) is 26.1. The van der Waals surface area contributed by atoms with Crippen LogP contribution in [0.3, 0.4) is 0 Å². The van der Waals surface area contributed by atoms with E-state index in [0.29, 0.717) is 45.1 Å². The predicted octanol–water partition coefficient (Wildman–Crippen LogP) is 3.76. The molecule has 9 heteroatoms.